The second-order valence-corrected chi connectivity index (χ2v) is 5.40. The molecule has 1 aromatic rings. The number of hydrogen-bond acceptors (Lipinski definition) is 3. The molecule has 0 spiro atoms. The molecule has 0 fully saturated rings. The third-order valence-electron chi connectivity index (χ3n) is 1.86. The molecular weight excluding hydrogens is 227 g/mol. The van der Waals surface area contributed by atoms with Crippen LogP contribution in [0, 0.1) is 5.41 Å². The number of aliphatic hydroxyl groups excluding tert-OH is 1. The van der Waals surface area contributed by atoms with Crippen molar-refractivity contribution in [3.05, 3.63) is 16.1 Å². The molecule has 1 N–H and O–H groups in total. The Hall–Kier alpha value is -0.620. The minimum Gasteiger partial charge on any atom is -0.387 e. The summed E-state index contributed by atoms with van der Waals surface area (Å²) < 4.78 is 36.7. The van der Waals surface area contributed by atoms with Crippen molar-refractivity contribution in [1.82, 2.24) is 4.98 Å². The van der Waals surface area contributed by atoms with E-state index in [0.717, 1.165) is 6.20 Å². The number of nitrogens with zero attached hydrogens (tertiary/aromatic N) is 1. The molecule has 0 aromatic carbocycles. The molecule has 0 amide bonds. The van der Waals surface area contributed by atoms with Crippen LogP contribution in [-0.2, 0) is 6.18 Å². The van der Waals surface area contributed by atoms with E-state index in [1.165, 1.54) is 0 Å². The van der Waals surface area contributed by atoms with Crippen LogP contribution < -0.4 is 0 Å². The van der Waals surface area contributed by atoms with Crippen molar-refractivity contribution in [3.63, 3.8) is 0 Å². The molecule has 86 valence electrons. The van der Waals surface area contributed by atoms with Gasteiger partial charge >= 0.3 is 6.18 Å². The van der Waals surface area contributed by atoms with E-state index in [-0.39, 0.29) is 4.88 Å². The van der Waals surface area contributed by atoms with Crippen molar-refractivity contribution in [2.24, 2.45) is 5.41 Å². The number of aliphatic hydroxyl groups is 1. The van der Waals surface area contributed by atoms with Gasteiger partial charge in [-0.3, -0.25) is 0 Å². The molecular formula is C9H12F3NOS. The highest BCUT2D eigenvalue weighted by atomic mass is 32.1. The van der Waals surface area contributed by atoms with Crippen LogP contribution in [0.15, 0.2) is 6.20 Å². The van der Waals surface area contributed by atoms with Gasteiger partial charge in [0.25, 0.3) is 0 Å². The van der Waals surface area contributed by atoms with Gasteiger partial charge in [0.15, 0.2) is 5.01 Å². The summed E-state index contributed by atoms with van der Waals surface area (Å²) in [6, 6.07) is 0. The monoisotopic (exact) mass is 239 g/mol. The fraction of sp³-hybridized carbons (Fsp3) is 0.667. The van der Waals surface area contributed by atoms with Gasteiger partial charge in [-0.2, -0.15) is 13.2 Å². The third kappa shape index (κ3) is 2.92. The molecule has 0 radical (unpaired) electrons. The molecule has 15 heavy (non-hydrogen) atoms. The Labute approximate surface area is 89.8 Å². The summed E-state index contributed by atoms with van der Waals surface area (Å²) >= 11 is 0.489. The van der Waals surface area contributed by atoms with Crippen LogP contribution in [0.4, 0.5) is 13.2 Å². The Balaban J connectivity index is 2.95. The number of hydrogen-bond donors (Lipinski definition) is 1. The lowest BCUT2D eigenvalue weighted by atomic mass is 9.89. The topological polar surface area (TPSA) is 33.1 Å². The smallest absolute Gasteiger partial charge is 0.387 e. The quantitative estimate of drug-likeness (QED) is 0.816. The summed E-state index contributed by atoms with van der Waals surface area (Å²) in [6.07, 6.45) is -4.27. The van der Waals surface area contributed by atoms with Crippen molar-refractivity contribution in [2.45, 2.75) is 33.1 Å². The van der Waals surface area contributed by atoms with Crippen molar-refractivity contribution in [2.75, 3.05) is 0 Å². The highest BCUT2D eigenvalue weighted by Gasteiger charge is 2.36. The van der Waals surface area contributed by atoms with Crippen molar-refractivity contribution in [1.29, 1.82) is 0 Å². The summed E-state index contributed by atoms with van der Waals surface area (Å²) in [5, 5.41) is 8.82. The van der Waals surface area contributed by atoms with E-state index in [4.69, 9.17) is 0 Å². The summed E-state index contributed by atoms with van der Waals surface area (Å²) in [6.45, 7) is 5.26. The Morgan fingerprint density at radius 3 is 2.20 bits per heavy atom. The van der Waals surface area contributed by atoms with Gasteiger partial charge < -0.3 is 5.11 Å². The fourth-order valence-electron chi connectivity index (χ4n) is 0.971. The highest BCUT2D eigenvalue weighted by molar-refractivity contribution is 7.11. The fourth-order valence-corrected chi connectivity index (χ4v) is 1.99. The molecule has 0 aliphatic heterocycles. The number of alkyl halides is 3. The zero-order valence-electron chi connectivity index (χ0n) is 8.59. The first-order valence-electron chi connectivity index (χ1n) is 4.33. The van der Waals surface area contributed by atoms with Crippen LogP contribution in [0.5, 0.6) is 0 Å². The Kier molecular flexibility index (Phi) is 3.11. The first-order chi connectivity index (χ1) is 6.62. The zero-order chi connectivity index (χ0) is 11.9. The Morgan fingerprint density at radius 2 is 1.87 bits per heavy atom. The molecule has 1 rings (SSSR count). The normalized spacial score (nSPS) is 15.4. The van der Waals surface area contributed by atoms with E-state index in [9.17, 15) is 18.3 Å². The molecule has 0 saturated carbocycles. The lowest BCUT2D eigenvalue weighted by molar-refractivity contribution is -0.137. The van der Waals surface area contributed by atoms with Crippen molar-refractivity contribution >= 4 is 11.3 Å². The van der Waals surface area contributed by atoms with E-state index < -0.39 is 22.7 Å². The maximum atomic E-state index is 12.2. The molecule has 0 aliphatic rings. The standard InChI is InChI=1S/C9H12F3NOS/c1-8(2,3)6(14)5-4-13-7(15-5)9(10,11)12/h4,6,14H,1-3H3. The van der Waals surface area contributed by atoms with E-state index in [2.05, 4.69) is 4.98 Å². The van der Waals surface area contributed by atoms with Gasteiger partial charge in [0, 0.05) is 6.20 Å². The Bertz CT molecular complexity index is 340. The van der Waals surface area contributed by atoms with Gasteiger partial charge in [-0.25, -0.2) is 4.98 Å². The first kappa shape index (κ1) is 12.4. The van der Waals surface area contributed by atoms with E-state index in [0.29, 0.717) is 11.3 Å². The number of rotatable bonds is 1. The third-order valence-corrected chi connectivity index (χ3v) is 2.95. The minimum absolute atomic E-state index is 0.245. The van der Waals surface area contributed by atoms with Crippen LogP contribution in [0.1, 0.15) is 36.8 Å². The van der Waals surface area contributed by atoms with E-state index >= 15 is 0 Å². The SMILES string of the molecule is CC(C)(C)C(O)c1cnc(C(F)(F)F)s1. The lowest BCUT2D eigenvalue weighted by Crippen LogP contribution is -2.16. The van der Waals surface area contributed by atoms with Crippen LogP contribution in [0.2, 0.25) is 0 Å². The molecule has 1 aromatic heterocycles. The predicted octanol–water partition coefficient (Wildman–Crippen LogP) is 3.24. The van der Waals surface area contributed by atoms with Crippen LogP contribution >= 0.6 is 11.3 Å². The second kappa shape index (κ2) is 3.75. The molecule has 1 unspecified atom stereocenters. The van der Waals surface area contributed by atoms with E-state index in [1.807, 2.05) is 0 Å². The molecule has 0 saturated heterocycles. The summed E-state index contributed by atoms with van der Waals surface area (Å²) in [5.41, 5.74) is -0.491. The first-order valence-corrected chi connectivity index (χ1v) is 5.15. The van der Waals surface area contributed by atoms with Gasteiger partial charge in [-0.15, -0.1) is 11.3 Å². The Morgan fingerprint density at radius 1 is 1.33 bits per heavy atom. The summed E-state index contributed by atoms with van der Waals surface area (Å²) in [7, 11) is 0. The molecule has 1 atom stereocenters. The summed E-state index contributed by atoms with van der Waals surface area (Å²) in [4.78, 5) is 3.50. The molecule has 0 bridgehead atoms. The molecule has 1 heterocycles. The lowest BCUT2D eigenvalue weighted by Gasteiger charge is -2.24. The average molecular weight is 239 g/mol. The van der Waals surface area contributed by atoms with Crippen LogP contribution in [0.25, 0.3) is 0 Å². The van der Waals surface area contributed by atoms with Gasteiger partial charge in [0.1, 0.15) is 0 Å². The predicted molar refractivity (Wildman–Crippen MR) is 51.5 cm³/mol. The van der Waals surface area contributed by atoms with Crippen molar-refractivity contribution < 1.29 is 18.3 Å². The summed E-state index contributed by atoms with van der Waals surface area (Å²) in [5.74, 6) is 0. The molecule has 0 aliphatic carbocycles. The maximum absolute atomic E-state index is 12.2. The van der Waals surface area contributed by atoms with Gasteiger partial charge in [-0.1, -0.05) is 20.8 Å². The van der Waals surface area contributed by atoms with Crippen molar-refractivity contribution in [3.8, 4) is 0 Å². The number of aromatic nitrogens is 1. The highest BCUT2D eigenvalue weighted by Crippen LogP contribution is 2.39. The second-order valence-electron chi connectivity index (χ2n) is 4.33. The number of thiazole rings is 1. The average Bonchev–Trinajstić information content (AvgIpc) is 2.47. The van der Waals surface area contributed by atoms with E-state index in [1.54, 1.807) is 20.8 Å². The maximum Gasteiger partial charge on any atom is 0.443 e. The largest absolute Gasteiger partial charge is 0.443 e. The van der Waals surface area contributed by atoms with Gasteiger partial charge in [0.2, 0.25) is 0 Å². The molecule has 2 nitrogen and oxygen atoms in total. The van der Waals surface area contributed by atoms with Crippen LogP contribution in [0.3, 0.4) is 0 Å². The van der Waals surface area contributed by atoms with Crippen LogP contribution in [-0.4, -0.2) is 10.1 Å². The molecule has 6 heteroatoms. The van der Waals surface area contributed by atoms with Gasteiger partial charge in [-0.05, 0) is 5.41 Å². The zero-order valence-corrected chi connectivity index (χ0v) is 9.41. The minimum atomic E-state index is -4.43. The number of halogens is 3. The van der Waals surface area contributed by atoms with Gasteiger partial charge in [0.05, 0.1) is 11.0 Å².